The molecule has 0 bridgehead atoms. The normalized spacial score (nSPS) is 11.9. The van der Waals surface area contributed by atoms with Gasteiger partial charge in [0.2, 0.25) is 5.91 Å². The summed E-state index contributed by atoms with van der Waals surface area (Å²) in [7, 11) is 0. The van der Waals surface area contributed by atoms with Crippen LogP contribution < -0.4 is 11.1 Å². The average molecular weight is 321 g/mol. The van der Waals surface area contributed by atoms with E-state index in [1.165, 1.54) is 11.8 Å². The second-order valence-electron chi connectivity index (χ2n) is 4.59. The fraction of sp³-hybridized carbons (Fsp3) is 0.188. The molecule has 1 unspecified atom stereocenters. The summed E-state index contributed by atoms with van der Waals surface area (Å²) in [4.78, 5) is 13.3. The van der Waals surface area contributed by atoms with E-state index < -0.39 is 0 Å². The van der Waals surface area contributed by atoms with Crippen LogP contribution in [0, 0.1) is 0 Å². The van der Waals surface area contributed by atoms with Gasteiger partial charge in [0.25, 0.3) is 0 Å². The number of carbonyl (C=O) groups excluding carboxylic acids is 1. The van der Waals surface area contributed by atoms with Gasteiger partial charge in [-0.15, -0.1) is 11.8 Å². The monoisotopic (exact) mass is 320 g/mol. The van der Waals surface area contributed by atoms with Crippen LogP contribution in [0.4, 0.5) is 11.4 Å². The van der Waals surface area contributed by atoms with E-state index in [1.807, 2.05) is 43.3 Å². The SMILES string of the molecule is CCC(Sc1cccc(N)c1)C(=O)Nc1cccc(Cl)c1. The van der Waals surface area contributed by atoms with Crippen molar-refractivity contribution in [1.82, 2.24) is 0 Å². The molecule has 0 fully saturated rings. The number of halogens is 1. The average Bonchev–Trinajstić information content (AvgIpc) is 2.44. The Labute approximate surface area is 133 Å². The van der Waals surface area contributed by atoms with Gasteiger partial charge in [-0.3, -0.25) is 4.79 Å². The summed E-state index contributed by atoms with van der Waals surface area (Å²) < 4.78 is 0. The van der Waals surface area contributed by atoms with Crippen molar-refractivity contribution in [3.8, 4) is 0 Å². The lowest BCUT2D eigenvalue weighted by molar-refractivity contribution is -0.115. The van der Waals surface area contributed by atoms with Gasteiger partial charge in [0.1, 0.15) is 0 Å². The summed E-state index contributed by atoms with van der Waals surface area (Å²) in [5.41, 5.74) is 7.17. The maximum atomic E-state index is 12.3. The minimum absolute atomic E-state index is 0.0350. The molecule has 3 nitrogen and oxygen atoms in total. The van der Waals surface area contributed by atoms with Crippen LogP contribution in [0.15, 0.2) is 53.4 Å². The lowest BCUT2D eigenvalue weighted by Gasteiger charge is -2.15. The Morgan fingerprint density at radius 2 is 2.05 bits per heavy atom. The first kappa shape index (κ1) is 15.7. The van der Waals surface area contributed by atoms with Crippen LogP contribution >= 0.6 is 23.4 Å². The van der Waals surface area contributed by atoms with E-state index in [2.05, 4.69) is 5.32 Å². The largest absolute Gasteiger partial charge is 0.399 e. The second-order valence-corrected chi connectivity index (χ2v) is 6.30. The molecule has 0 aromatic heterocycles. The van der Waals surface area contributed by atoms with Gasteiger partial charge in [-0.25, -0.2) is 0 Å². The van der Waals surface area contributed by atoms with E-state index >= 15 is 0 Å². The van der Waals surface area contributed by atoms with Gasteiger partial charge in [-0.2, -0.15) is 0 Å². The van der Waals surface area contributed by atoms with Crippen LogP contribution in [-0.4, -0.2) is 11.2 Å². The molecule has 0 saturated heterocycles. The number of benzene rings is 2. The molecule has 2 rings (SSSR count). The number of anilines is 2. The van der Waals surface area contributed by atoms with Gasteiger partial charge in [0.05, 0.1) is 5.25 Å². The number of hydrogen-bond acceptors (Lipinski definition) is 3. The molecule has 0 spiro atoms. The van der Waals surface area contributed by atoms with E-state index in [4.69, 9.17) is 17.3 Å². The van der Waals surface area contributed by atoms with Gasteiger partial charge < -0.3 is 11.1 Å². The third-order valence-corrected chi connectivity index (χ3v) is 4.48. The van der Waals surface area contributed by atoms with Crippen molar-refractivity contribution in [3.63, 3.8) is 0 Å². The molecular formula is C16H17ClN2OS. The highest BCUT2D eigenvalue weighted by molar-refractivity contribution is 8.00. The third-order valence-electron chi connectivity index (χ3n) is 2.89. The summed E-state index contributed by atoms with van der Waals surface area (Å²) in [6.07, 6.45) is 0.728. The van der Waals surface area contributed by atoms with E-state index in [1.54, 1.807) is 12.1 Å². The fourth-order valence-electron chi connectivity index (χ4n) is 1.86. The zero-order chi connectivity index (χ0) is 15.2. The van der Waals surface area contributed by atoms with Gasteiger partial charge in [-0.1, -0.05) is 30.7 Å². The number of nitrogen functional groups attached to an aromatic ring is 1. The first-order valence-electron chi connectivity index (χ1n) is 6.67. The molecule has 5 heteroatoms. The van der Waals surface area contributed by atoms with E-state index in [0.717, 1.165) is 11.3 Å². The summed E-state index contributed by atoms with van der Waals surface area (Å²) in [5, 5.41) is 3.32. The molecule has 3 N–H and O–H groups in total. The molecule has 1 atom stereocenters. The standard InChI is InChI=1S/C16H17ClN2OS/c1-2-15(21-14-8-4-6-12(18)10-14)16(20)19-13-7-3-5-11(17)9-13/h3-10,15H,2,18H2,1H3,(H,19,20). The first-order chi connectivity index (χ1) is 10.1. The van der Waals surface area contributed by atoms with Crippen LogP contribution in [0.25, 0.3) is 0 Å². The van der Waals surface area contributed by atoms with Gasteiger partial charge in [-0.05, 0) is 42.8 Å². The summed E-state index contributed by atoms with van der Waals surface area (Å²) in [6, 6.07) is 14.7. The minimum Gasteiger partial charge on any atom is -0.399 e. The molecule has 0 aliphatic carbocycles. The Morgan fingerprint density at radius 1 is 1.29 bits per heavy atom. The Kier molecular flexibility index (Phi) is 5.53. The number of rotatable bonds is 5. The summed E-state index contributed by atoms with van der Waals surface area (Å²) in [6.45, 7) is 1.99. The molecule has 0 saturated carbocycles. The Bertz CT molecular complexity index is 633. The third kappa shape index (κ3) is 4.69. The van der Waals surface area contributed by atoms with E-state index in [-0.39, 0.29) is 11.2 Å². The predicted octanol–water partition coefficient (Wildman–Crippen LogP) is 4.43. The molecule has 0 heterocycles. The summed E-state index contributed by atoms with van der Waals surface area (Å²) in [5.74, 6) is -0.0350. The highest BCUT2D eigenvalue weighted by atomic mass is 35.5. The number of carbonyl (C=O) groups is 1. The van der Waals surface area contributed by atoms with Crippen molar-refractivity contribution in [1.29, 1.82) is 0 Å². The number of hydrogen-bond donors (Lipinski definition) is 2. The van der Waals surface area contributed by atoms with Crippen LogP contribution in [0.2, 0.25) is 5.02 Å². The predicted molar refractivity (Wildman–Crippen MR) is 90.9 cm³/mol. The molecule has 21 heavy (non-hydrogen) atoms. The minimum atomic E-state index is -0.175. The van der Waals surface area contributed by atoms with Crippen LogP contribution in [0.1, 0.15) is 13.3 Å². The Morgan fingerprint density at radius 3 is 2.71 bits per heavy atom. The number of thioether (sulfide) groups is 1. The van der Waals surface area contributed by atoms with Crippen molar-refractivity contribution in [3.05, 3.63) is 53.6 Å². The van der Waals surface area contributed by atoms with Gasteiger partial charge in [0, 0.05) is 21.3 Å². The van der Waals surface area contributed by atoms with Crippen molar-refractivity contribution >= 4 is 40.6 Å². The molecule has 1 amide bonds. The van der Waals surface area contributed by atoms with Gasteiger partial charge >= 0.3 is 0 Å². The maximum absolute atomic E-state index is 12.3. The molecule has 2 aromatic carbocycles. The molecule has 2 aromatic rings. The number of amides is 1. The van der Waals surface area contributed by atoms with Crippen molar-refractivity contribution in [2.24, 2.45) is 0 Å². The number of nitrogens with one attached hydrogen (secondary N) is 1. The zero-order valence-corrected chi connectivity index (χ0v) is 13.2. The fourth-order valence-corrected chi connectivity index (χ4v) is 3.08. The van der Waals surface area contributed by atoms with E-state index in [0.29, 0.717) is 16.4 Å². The maximum Gasteiger partial charge on any atom is 0.237 e. The van der Waals surface area contributed by atoms with Crippen LogP contribution in [0.5, 0.6) is 0 Å². The van der Waals surface area contributed by atoms with E-state index in [9.17, 15) is 4.79 Å². The van der Waals surface area contributed by atoms with Crippen molar-refractivity contribution in [2.45, 2.75) is 23.5 Å². The topological polar surface area (TPSA) is 55.1 Å². The van der Waals surface area contributed by atoms with Crippen LogP contribution in [0.3, 0.4) is 0 Å². The second kappa shape index (κ2) is 7.38. The zero-order valence-electron chi connectivity index (χ0n) is 11.7. The smallest absolute Gasteiger partial charge is 0.237 e. The summed E-state index contributed by atoms with van der Waals surface area (Å²) >= 11 is 7.43. The number of nitrogens with two attached hydrogens (primary N) is 1. The quantitative estimate of drug-likeness (QED) is 0.633. The molecule has 110 valence electrons. The highest BCUT2D eigenvalue weighted by Gasteiger charge is 2.18. The Hall–Kier alpha value is -1.65. The van der Waals surface area contributed by atoms with Crippen LogP contribution in [-0.2, 0) is 4.79 Å². The highest BCUT2D eigenvalue weighted by Crippen LogP contribution is 2.28. The molecule has 0 aliphatic rings. The van der Waals surface area contributed by atoms with Crippen molar-refractivity contribution < 1.29 is 4.79 Å². The lowest BCUT2D eigenvalue weighted by atomic mass is 10.2. The molecular weight excluding hydrogens is 304 g/mol. The van der Waals surface area contributed by atoms with Crippen molar-refractivity contribution in [2.75, 3.05) is 11.1 Å². The Balaban J connectivity index is 2.05. The molecule has 0 radical (unpaired) electrons. The molecule has 0 aliphatic heterocycles. The van der Waals surface area contributed by atoms with Gasteiger partial charge in [0.15, 0.2) is 0 Å². The lowest BCUT2D eigenvalue weighted by Crippen LogP contribution is -2.24. The first-order valence-corrected chi connectivity index (χ1v) is 7.93.